The molecule has 1 aromatic heterocycles. The molecule has 22 heavy (non-hydrogen) atoms. The maximum atomic E-state index is 13.5. The first-order valence-electron chi connectivity index (χ1n) is 6.97. The zero-order valence-electron chi connectivity index (χ0n) is 11.8. The monoisotopic (exact) mass is 305 g/mol. The number of H-pyrrole nitrogens is 1. The summed E-state index contributed by atoms with van der Waals surface area (Å²) in [5.74, 6) is -0.396. The second kappa shape index (κ2) is 6.63. The summed E-state index contributed by atoms with van der Waals surface area (Å²) >= 11 is 0. The largest absolute Gasteiger partial charge is 0.379 e. The Balaban J connectivity index is 1.86. The number of carbonyl (C=O) groups excluding carboxylic acids is 1. The Morgan fingerprint density at radius 1 is 1.41 bits per heavy atom. The van der Waals surface area contributed by atoms with Crippen LogP contribution < -0.4 is 5.32 Å². The van der Waals surface area contributed by atoms with E-state index in [9.17, 15) is 9.18 Å². The highest BCUT2D eigenvalue weighted by molar-refractivity contribution is 5.94. The molecule has 0 spiro atoms. The number of aromatic amines is 1. The summed E-state index contributed by atoms with van der Waals surface area (Å²) in [4.78, 5) is 18.5. The van der Waals surface area contributed by atoms with E-state index in [2.05, 4.69) is 20.5 Å². The van der Waals surface area contributed by atoms with Crippen molar-refractivity contribution in [3.8, 4) is 0 Å². The van der Waals surface area contributed by atoms with Gasteiger partial charge in [-0.25, -0.2) is 9.49 Å². The van der Waals surface area contributed by atoms with E-state index in [0.717, 1.165) is 0 Å². The van der Waals surface area contributed by atoms with Gasteiger partial charge in [-0.3, -0.25) is 15.0 Å². The Bertz CT molecular complexity index is 628. The van der Waals surface area contributed by atoms with Crippen LogP contribution in [0.25, 0.3) is 0 Å². The fraction of sp³-hybridized carbons (Fsp3) is 0.357. The van der Waals surface area contributed by atoms with Gasteiger partial charge in [-0.15, -0.1) is 0 Å². The number of morpholine rings is 1. The number of ether oxygens (including phenoxy) is 1. The van der Waals surface area contributed by atoms with Gasteiger partial charge < -0.3 is 4.74 Å². The van der Waals surface area contributed by atoms with E-state index in [4.69, 9.17) is 4.74 Å². The predicted molar refractivity (Wildman–Crippen MR) is 76.5 cm³/mol. The molecule has 0 radical (unpaired) electrons. The molecule has 116 valence electrons. The van der Waals surface area contributed by atoms with Gasteiger partial charge in [-0.05, 0) is 17.7 Å². The zero-order chi connectivity index (χ0) is 15.4. The van der Waals surface area contributed by atoms with Crippen LogP contribution in [0.3, 0.4) is 0 Å². The summed E-state index contributed by atoms with van der Waals surface area (Å²) in [5.41, 5.74) is 0.596. The van der Waals surface area contributed by atoms with Crippen LogP contribution in [0, 0.1) is 5.82 Å². The first-order valence-corrected chi connectivity index (χ1v) is 6.97. The maximum Gasteiger partial charge on any atom is 0.248 e. The summed E-state index contributed by atoms with van der Waals surface area (Å²) in [6, 6.07) is 5.46. The van der Waals surface area contributed by atoms with Crippen molar-refractivity contribution in [3.05, 3.63) is 42.0 Å². The minimum absolute atomic E-state index is 0.264. The number of hydrogen-bond donors (Lipinski definition) is 2. The van der Waals surface area contributed by atoms with E-state index in [1.807, 2.05) is 4.90 Å². The number of hydrogen-bond acceptors (Lipinski definition) is 5. The fourth-order valence-electron chi connectivity index (χ4n) is 2.49. The highest BCUT2D eigenvalue weighted by Gasteiger charge is 2.29. The van der Waals surface area contributed by atoms with Gasteiger partial charge in [0.15, 0.2) is 0 Å². The number of amides is 1. The molecule has 2 aromatic rings. The quantitative estimate of drug-likeness (QED) is 0.879. The van der Waals surface area contributed by atoms with Crippen molar-refractivity contribution in [2.24, 2.45) is 0 Å². The van der Waals surface area contributed by atoms with E-state index in [1.165, 1.54) is 18.5 Å². The van der Waals surface area contributed by atoms with Gasteiger partial charge in [0.05, 0.1) is 13.2 Å². The Morgan fingerprint density at radius 3 is 2.91 bits per heavy atom. The van der Waals surface area contributed by atoms with Crippen molar-refractivity contribution >= 4 is 11.9 Å². The van der Waals surface area contributed by atoms with Gasteiger partial charge >= 0.3 is 0 Å². The third-order valence-corrected chi connectivity index (χ3v) is 3.48. The molecule has 1 saturated heterocycles. The Morgan fingerprint density at radius 2 is 2.23 bits per heavy atom. The lowest BCUT2D eigenvalue weighted by atomic mass is 10.0. The molecule has 0 unspecified atom stereocenters. The second-order valence-electron chi connectivity index (χ2n) is 4.93. The normalized spacial score (nSPS) is 17.1. The molecule has 1 aliphatic rings. The summed E-state index contributed by atoms with van der Waals surface area (Å²) in [6.07, 6.45) is 1.31. The van der Waals surface area contributed by atoms with Crippen LogP contribution >= 0.6 is 0 Å². The van der Waals surface area contributed by atoms with Crippen LogP contribution in [0.15, 0.2) is 30.6 Å². The molecule has 1 aromatic carbocycles. The summed E-state index contributed by atoms with van der Waals surface area (Å²) < 4.78 is 18.9. The summed E-state index contributed by atoms with van der Waals surface area (Å²) in [5, 5.41) is 8.93. The summed E-state index contributed by atoms with van der Waals surface area (Å²) in [6.45, 7) is 2.29. The van der Waals surface area contributed by atoms with Gasteiger partial charge in [-0.2, -0.15) is 10.1 Å². The van der Waals surface area contributed by atoms with Gasteiger partial charge in [0.2, 0.25) is 11.9 Å². The first-order chi connectivity index (χ1) is 10.7. The van der Waals surface area contributed by atoms with Gasteiger partial charge in [-0.1, -0.05) is 12.1 Å². The van der Waals surface area contributed by atoms with Gasteiger partial charge in [0.1, 0.15) is 18.2 Å². The molecule has 0 aliphatic carbocycles. The Labute approximate surface area is 126 Å². The molecule has 7 nitrogen and oxygen atoms in total. The third kappa shape index (κ3) is 3.29. The van der Waals surface area contributed by atoms with Gasteiger partial charge in [0.25, 0.3) is 0 Å². The van der Waals surface area contributed by atoms with Crippen LogP contribution in [0.1, 0.15) is 11.6 Å². The molecule has 1 amide bonds. The molecule has 2 heterocycles. The number of anilines is 1. The predicted octanol–water partition coefficient (Wildman–Crippen LogP) is 0.956. The highest BCUT2D eigenvalue weighted by Crippen LogP contribution is 2.24. The van der Waals surface area contributed by atoms with Crippen LogP contribution in [-0.2, 0) is 9.53 Å². The lowest BCUT2D eigenvalue weighted by molar-refractivity contribution is -0.123. The van der Waals surface area contributed by atoms with E-state index in [1.54, 1.807) is 12.1 Å². The Kier molecular flexibility index (Phi) is 4.40. The number of nitrogens with zero attached hydrogens (tertiary/aromatic N) is 3. The molecule has 3 rings (SSSR count). The fourth-order valence-corrected chi connectivity index (χ4v) is 2.49. The molecule has 1 fully saturated rings. The Hall–Kier alpha value is -2.32. The third-order valence-electron chi connectivity index (χ3n) is 3.48. The zero-order valence-corrected chi connectivity index (χ0v) is 11.8. The van der Waals surface area contributed by atoms with E-state index >= 15 is 0 Å². The number of rotatable bonds is 4. The van der Waals surface area contributed by atoms with Crippen LogP contribution in [0.2, 0.25) is 0 Å². The average Bonchev–Trinajstić information content (AvgIpc) is 3.01. The molecular weight excluding hydrogens is 289 g/mol. The van der Waals surface area contributed by atoms with Crippen LogP contribution in [0.4, 0.5) is 10.3 Å². The second-order valence-corrected chi connectivity index (χ2v) is 4.93. The van der Waals surface area contributed by atoms with Crippen molar-refractivity contribution in [3.63, 3.8) is 0 Å². The van der Waals surface area contributed by atoms with E-state index in [0.29, 0.717) is 31.9 Å². The SMILES string of the molecule is O=C(Nc1ncn[nH]1)[C@@H](c1cccc(F)c1)N1CCOCC1. The van der Waals surface area contributed by atoms with E-state index in [-0.39, 0.29) is 17.7 Å². The van der Waals surface area contributed by atoms with Crippen molar-refractivity contribution in [2.45, 2.75) is 6.04 Å². The van der Waals surface area contributed by atoms with Crippen molar-refractivity contribution in [2.75, 3.05) is 31.6 Å². The number of nitrogens with one attached hydrogen (secondary N) is 2. The average molecular weight is 305 g/mol. The summed E-state index contributed by atoms with van der Waals surface area (Å²) in [7, 11) is 0. The highest BCUT2D eigenvalue weighted by atomic mass is 19.1. The van der Waals surface area contributed by atoms with Crippen LogP contribution in [-0.4, -0.2) is 52.3 Å². The van der Waals surface area contributed by atoms with Crippen molar-refractivity contribution < 1.29 is 13.9 Å². The standard InChI is InChI=1S/C14H16FN5O2/c15-11-3-1-2-10(8-11)12(20-4-6-22-7-5-20)13(21)18-14-16-9-17-19-14/h1-3,8-9,12H,4-7H2,(H2,16,17,18,19,21)/t12-/m1/s1. The number of benzene rings is 1. The lowest BCUT2D eigenvalue weighted by Crippen LogP contribution is -2.44. The first kappa shape index (κ1) is 14.6. The molecule has 0 bridgehead atoms. The number of carbonyl (C=O) groups is 1. The molecule has 8 heteroatoms. The molecule has 1 aliphatic heterocycles. The molecular formula is C14H16FN5O2. The van der Waals surface area contributed by atoms with Crippen molar-refractivity contribution in [1.29, 1.82) is 0 Å². The molecule has 2 N–H and O–H groups in total. The minimum atomic E-state index is -0.607. The van der Waals surface area contributed by atoms with Gasteiger partial charge in [0, 0.05) is 13.1 Å². The number of halogens is 1. The van der Waals surface area contributed by atoms with E-state index < -0.39 is 6.04 Å². The molecule has 0 saturated carbocycles. The maximum absolute atomic E-state index is 13.5. The topological polar surface area (TPSA) is 83.1 Å². The van der Waals surface area contributed by atoms with Crippen LogP contribution in [0.5, 0.6) is 0 Å². The minimum Gasteiger partial charge on any atom is -0.379 e. The lowest BCUT2D eigenvalue weighted by Gasteiger charge is -2.33. The van der Waals surface area contributed by atoms with Crippen molar-refractivity contribution in [1.82, 2.24) is 20.1 Å². The molecule has 1 atom stereocenters. The smallest absolute Gasteiger partial charge is 0.248 e. The number of aromatic nitrogens is 3.